The SMILES string of the molecule is C[C@H](c1cccc(C(=O)N(C)C)c1)N1C(=O)[C@H]2CC1CN2C[C@H](N)C(=O)N1[C@H](C#N)C[C@@H]2C[C@@H]21. The highest BCUT2D eigenvalue weighted by molar-refractivity contribution is 5.94. The van der Waals surface area contributed by atoms with Crippen LogP contribution >= 0.6 is 0 Å². The number of nitrogens with two attached hydrogens (primary N) is 1. The molecule has 4 aliphatic rings. The fourth-order valence-corrected chi connectivity index (χ4v) is 6.16. The summed E-state index contributed by atoms with van der Waals surface area (Å²) in [4.78, 5) is 45.9. The van der Waals surface area contributed by atoms with Gasteiger partial charge in [-0.05, 0) is 49.8 Å². The molecule has 9 heteroatoms. The van der Waals surface area contributed by atoms with Gasteiger partial charge < -0.3 is 20.4 Å². The van der Waals surface area contributed by atoms with Gasteiger partial charge in [0.05, 0.1) is 24.2 Å². The van der Waals surface area contributed by atoms with E-state index < -0.39 is 6.04 Å². The summed E-state index contributed by atoms with van der Waals surface area (Å²) in [5.41, 5.74) is 7.84. The van der Waals surface area contributed by atoms with Crippen LogP contribution in [0.15, 0.2) is 24.3 Å². The molecule has 1 aromatic rings. The van der Waals surface area contributed by atoms with E-state index in [1.807, 2.05) is 34.9 Å². The number of rotatable bonds is 6. The first kappa shape index (κ1) is 22.8. The molecule has 1 aliphatic carbocycles. The summed E-state index contributed by atoms with van der Waals surface area (Å²) in [5.74, 6) is 0.263. The largest absolute Gasteiger partial charge is 0.345 e. The third kappa shape index (κ3) is 3.65. The molecule has 2 bridgehead atoms. The lowest BCUT2D eigenvalue weighted by Crippen LogP contribution is -2.57. The molecule has 180 valence electrons. The van der Waals surface area contributed by atoms with Crippen LogP contribution in [-0.4, -0.2) is 94.7 Å². The summed E-state index contributed by atoms with van der Waals surface area (Å²) < 4.78 is 0. The lowest BCUT2D eigenvalue weighted by molar-refractivity contribution is -0.141. The molecular formula is C25H32N6O3. The van der Waals surface area contributed by atoms with Crippen LogP contribution in [0.4, 0.5) is 0 Å². The van der Waals surface area contributed by atoms with Crippen molar-refractivity contribution < 1.29 is 14.4 Å². The Balaban J connectivity index is 1.24. The molecule has 5 rings (SSSR count). The standard InChI is InChI=1S/C25H32N6O3/c1-14(15-5-4-6-16(7-15)23(32)28(2)3)30-19-10-22(25(30)34)29(12-19)13-20(27)24(33)31-18(11-26)8-17-9-21(17)31/h4-7,14,17-22H,8-10,12-13,27H2,1-3H3/t14-,17-,18+,19?,20+,21+,22-/m1/s1. The normalized spacial score (nSPS) is 31.3. The number of piperidine rings is 1. The Labute approximate surface area is 200 Å². The summed E-state index contributed by atoms with van der Waals surface area (Å²) in [6.07, 6.45) is 2.44. The second-order valence-electron chi connectivity index (χ2n) is 10.4. The van der Waals surface area contributed by atoms with Crippen molar-refractivity contribution in [3.63, 3.8) is 0 Å². The second-order valence-corrected chi connectivity index (χ2v) is 10.4. The van der Waals surface area contributed by atoms with Crippen molar-refractivity contribution in [3.05, 3.63) is 35.4 Å². The number of likely N-dealkylation sites (tertiary alicyclic amines) is 3. The maximum atomic E-state index is 13.3. The molecule has 7 atom stereocenters. The molecule has 0 radical (unpaired) electrons. The average Bonchev–Trinajstić information content (AvgIpc) is 3.15. The first-order valence-electron chi connectivity index (χ1n) is 12.1. The Morgan fingerprint density at radius 2 is 2.03 bits per heavy atom. The lowest BCUT2D eigenvalue weighted by atomic mass is 10.0. The Morgan fingerprint density at radius 1 is 1.26 bits per heavy atom. The van der Waals surface area contributed by atoms with E-state index >= 15 is 0 Å². The summed E-state index contributed by atoms with van der Waals surface area (Å²) in [7, 11) is 3.44. The molecule has 0 aromatic heterocycles. The number of hydrogen-bond acceptors (Lipinski definition) is 6. The molecule has 34 heavy (non-hydrogen) atoms. The number of carbonyl (C=O) groups excluding carboxylic acids is 3. The average molecular weight is 465 g/mol. The fourth-order valence-electron chi connectivity index (χ4n) is 6.16. The molecule has 1 aromatic carbocycles. The quantitative estimate of drug-likeness (QED) is 0.659. The first-order chi connectivity index (χ1) is 16.2. The van der Waals surface area contributed by atoms with Gasteiger partial charge in [-0.25, -0.2) is 0 Å². The predicted octanol–water partition coefficient (Wildman–Crippen LogP) is 0.575. The molecule has 3 saturated heterocycles. The molecule has 2 N–H and O–H groups in total. The summed E-state index contributed by atoms with van der Waals surface area (Å²) in [6, 6.07) is 8.39. The number of piperazine rings is 1. The minimum absolute atomic E-state index is 0.0473. The van der Waals surface area contributed by atoms with E-state index in [2.05, 4.69) is 6.07 Å². The maximum Gasteiger partial charge on any atom is 0.253 e. The van der Waals surface area contributed by atoms with Crippen molar-refractivity contribution in [1.29, 1.82) is 5.26 Å². The van der Waals surface area contributed by atoms with Crippen molar-refractivity contribution in [2.24, 2.45) is 11.7 Å². The smallest absolute Gasteiger partial charge is 0.253 e. The molecule has 3 amide bonds. The number of nitrogens with zero attached hydrogens (tertiary/aromatic N) is 5. The van der Waals surface area contributed by atoms with E-state index in [-0.39, 0.29) is 47.9 Å². The molecule has 3 aliphatic heterocycles. The summed E-state index contributed by atoms with van der Waals surface area (Å²) in [5, 5.41) is 9.39. The van der Waals surface area contributed by atoms with E-state index in [1.165, 1.54) is 0 Å². The van der Waals surface area contributed by atoms with Crippen LogP contribution in [0.25, 0.3) is 0 Å². The van der Waals surface area contributed by atoms with Gasteiger partial charge in [-0.3, -0.25) is 19.3 Å². The zero-order chi connectivity index (χ0) is 24.3. The number of amides is 3. The number of benzene rings is 1. The number of hydrogen-bond donors (Lipinski definition) is 1. The Kier molecular flexibility index (Phi) is 5.61. The highest BCUT2D eigenvalue weighted by Crippen LogP contribution is 2.48. The minimum Gasteiger partial charge on any atom is -0.345 e. The van der Waals surface area contributed by atoms with Crippen molar-refractivity contribution in [1.82, 2.24) is 19.6 Å². The van der Waals surface area contributed by atoms with Gasteiger partial charge in [0, 0.05) is 44.8 Å². The van der Waals surface area contributed by atoms with E-state index in [0.29, 0.717) is 24.6 Å². The Bertz CT molecular complexity index is 1070. The van der Waals surface area contributed by atoms with Gasteiger partial charge in [0.25, 0.3) is 5.91 Å². The van der Waals surface area contributed by atoms with Crippen LogP contribution in [0.5, 0.6) is 0 Å². The number of fused-ring (bicyclic) bond motifs is 3. The van der Waals surface area contributed by atoms with Crippen molar-refractivity contribution >= 4 is 17.7 Å². The summed E-state index contributed by atoms with van der Waals surface area (Å²) in [6.45, 7) is 3.00. The van der Waals surface area contributed by atoms with Gasteiger partial charge in [-0.2, -0.15) is 5.26 Å². The van der Waals surface area contributed by atoms with Gasteiger partial charge in [0.1, 0.15) is 6.04 Å². The molecule has 1 unspecified atom stereocenters. The van der Waals surface area contributed by atoms with Crippen molar-refractivity contribution in [3.8, 4) is 6.07 Å². The Hall–Kier alpha value is -2.96. The van der Waals surface area contributed by atoms with E-state index in [9.17, 15) is 19.6 Å². The van der Waals surface area contributed by atoms with Crippen LogP contribution < -0.4 is 5.73 Å². The first-order valence-corrected chi connectivity index (χ1v) is 12.1. The number of carbonyl (C=O) groups is 3. The minimum atomic E-state index is -0.734. The second kappa shape index (κ2) is 8.36. The van der Waals surface area contributed by atoms with Gasteiger partial charge in [0.2, 0.25) is 11.8 Å². The van der Waals surface area contributed by atoms with Crippen LogP contribution in [0, 0.1) is 17.2 Å². The van der Waals surface area contributed by atoms with Gasteiger partial charge in [-0.15, -0.1) is 0 Å². The van der Waals surface area contributed by atoms with E-state index in [0.717, 1.165) is 24.8 Å². The molecular weight excluding hydrogens is 432 g/mol. The van der Waals surface area contributed by atoms with Crippen LogP contribution in [0.3, 0.4) is 0 Å². The monoisotopic (exact) mass is 464 g/mol. The maximum absolute atomic E-state index is 13.3. The van der Waals surface area contributed by atoms with Gasteiger partial charge in [0.15, 0.2) is 0 Å². The fraction of sp³-hybridized carbons (Fsp3) is 0.600. The molecule has 9 nitrogen and oxygen atoms in total. The lowest BCUT2D eigenvalue weighted by Gasteiger charge is -2.38. The molecule has 3 heterocycles. The Morgan fingerprint density at radius 3 is 2.71 bits per heavy atom. The summed E-state index contributed by atoms with van der Waals surface area (Å²) >= 11 is 0. The molecule has 1 saturated carbocycles. The molecule has 4 fully saturated rings. The van der Waals surface area contributed by atoms with E-state index in [4.69, 9.17) is 5.73 Å². The van der Waals surface area contributed by atoms with Crippen molar-refractivity contribution in [2.45, 2.75) is 62.4 Å². The highest BCUT2D eigenvalue weighted by atomic mass is 16.2. The zero-order valence-electron chi connectivity index (χ0n) is 19.9. The number of nitriles is 1. The van der Waals surface area contributed by atoms with E-state index in [1.54, 1.807) is 30.0 Å². The highest BCUT2D eigenvalue weighted by Gasteiger charge is 2.56. The van der Waals surface area contributed by atoms with Crippen LogP contribution in [-0.2, 0) is 9.59 Å². The van der Waals surface area contributed by atoms with Crippen molar-refractivity contribution in [2.75, 3.05) is 27.2 Å². The topological polar surface area (TPSA) is 114 Å². The van der Waals surface area contributed by atoms with Gasteiger partial charge in [-0.1, -0.05) is 12.1 Å². The van der Waals surface area contributed by atoms with Crippen LogP contribution in [0.1, 0.15) is 48.1 Å². The van der Waals surface area contributed by atoms with Crippen LogP contribution in [0.2, 0.25) is 0 Å². The zero-order valence-corrected chi connectivity index (χ0v) is 19.9. The third-order valence-electron chi connectivity index (χ3n) is 8.01. The predicted molar refractivity (Wildman–Crippen MR) is 124 cm³/mol. The molecule has 0 spiro atoms. The van der Waals surface area contributed by atoms with Gasteiger partial charge >= 0.3 is 0 Å². The third-order valence-corrected chi connectivity index (χ3v) is 8.01.